The molecular formula is C19H30N6O. The first-order valence-electron chi connectivity index (χ1n) is 9.46. The molecule has 0 spiro atoms. The van der Waals surface area contributed by atoms with Gasteiger partial charge >= 0.3 is 0 Å². The maximum absolute atomic E-state index is 11.8. The molecule has 2 N–H and O–H groups in total. The highest BCUT2D eigenvalue weighted by atomic mass is 16.1. The number of aromatic amines is 1. The Morgan fingerprint density at radius 1 is 1.35 bits per heavy atom. The highest BCUT2D eigenvalue weighted by molar-refractivity contribution is 5.43. The van der Waals surface area contributed by atoms with Crippen LogP contribution in [0.3, 0.4) is 0 Å². The Kier molecular flexibility index (Phi) is 5.76. The molecule has 3 heterocycles. The number of anilines is 1. The number of nitrogens with zero attached hydrogens (tertiary/aromatic N) is 4. The van der Waals surface area contributed by atoms with E-state index in [1.807, 2.05) is 0 Å². The average Bonchev–Trinajstić information content (AvgIpc) is 2.95. The normalized spacial score (nSPS) is 16.8. The van der Waals surface area contributed by atoms with Crippen molar-refractivity contribution in [3.05, 3.63) is 39.6 Å². The Bertz CT molecular complexity index is 768. The molecule has 1 atom stereocenters. The third kappa shape index (κ3) is 4.33. The predicted molar refractivity (Wildman–Crippen MR) is 104 cm³/mol. The fourth-order valence-electron chi connectivity index (χ4n) is 3.65. The number of piperidine rings is 1. The van der Waals surface area contributed by atoms with Crippen LogP contribution in [0.2, 0.25) is 0 Å². The third-order valence-electron chi connectivity index (χ3n) is 5.48. The minimum Gasteiger partial charge on any atom is -0.370 e. The lowest BCUT2D eigenvalue weighted by atomic mass is 9.95. The smallest absolute Gasteiger partial charge is 0.268 e. The topological polar surface area (TPSA) is 78.8 Å². The van der Waals surface area contributed by atoms with E-state index in [2.05, 4.69) is 46.3 Å². The fourth-order valence-corrected chi connectivity index (χ4v) is 3.65. The van der Waals surface area contributed by atoms with Crippen LogP contribution in [0.1, 0.15) is 36.7 Å². The van der Waals surface area contributed by atoms with Crippen molar-refractivity contribution in [2.75, 3.05) is 24.5 Å². The molecule has 0 unspecified atom stereocenters. The van der Waals surface area contributed by atoms with Gasteiger partial charge < -0.3 is 10.2 Å². The highest BCUT2D eigenvalue weighted by Crippen LogP contribution is 2.21. The summed E-state index contributed by atoms with van der Waals surface area (Å²) in [5, 5.41) is 15.2. The van der Waals surface area contributed by atoms with Crippen LogP contribution in [0.5, 0.6) is 0 Å². The van der Waals surface area contributed by atoms with E-state index in [1.54, 1.807) is 19.3 Å². The molecule has 142 valence electrons. The molecule has 0 aromatic carbocycles. The highest BCUT2D eigenvalue weighted by Gasteiger charge is 2.21. The molecule has 2 aromatic heterocycles. The Hall–Kier alpha value is -2.15. The molecule has 3 rings (SSSR count). The number of H-pyrrole nitrogens is 1. The zero-order chi connectivity index (χ0) is 18.7. The van der Waals surface area contributed by atoms with E-state index in [9.17, 15) is 4.79 Å². The van der Waals surface area contributed by atoms with Crippen LogP contribution in [-0.2, 0) is 13.5 Å². The standard InChI is InChI=1S/C19H30N6O/c1-13(9-18-14(2)22-23-15(18)3)20-11-16-5-7-25(8-6-16)17-10-19(26)24(4)21-12-17/h10,12-13,16,20H,5-9,11H2,1-4H3,(H,22,23)/t13-/m1/s1. The van der Waals surface area contributed by atoms with E-state index in [-0.39, 0.29) is 5.56 Å². The van der Waals surface area contributed by atoms with Gasteiger partial charge in [0, 0.05) is 37.9 Å². The first kappa shape index (κ1) is 18.6. The van der Waals surface area contributed by atoms with Crippen LogP contribution < -0.4 is 15.8 Å². The summed E-state index contributed by atoms with van der Waals surface area (Å²) in [6.45, 7) is 9.40. The maximum Gasteiger partial charge on any atom is 0.268 e. The van der Waals surface area contributed by atoms with Gasteiger partial charge in [0.1, 0.15) is 0 Å². The van der Waals surface area contributed by atoms with Crippen molar-refractivity contribution in [3.8, 4) is 0 Å². The number of rotatable bonds is 6. The number of aromatic nitrogens is 4. The van der Waals surface area contributed by atoms with Gasteiger partial charge in [-0.3, -0.25) is 9.89 Å². The summed E-state index contributed by atoms with van der Waals surface area (Å²) in [6, 6.07) is 2.12. The largest absolute Gasteiger partial charge is 0.370 e. The fraction of sp³-hybridized carbons (Fsp3) is 0.632. The number of aryl methyl sites for hydroxylation is 3. The molecule has 0 amide bonds. The molecule has 0 saturated carbocycles. The van der Waals surface area contributed by atoms with Crippen molar-refractivity contribution < 1.29 is 0 Å². The van der Waals surface area contributed by atoms with E-state index < -0.39 is 0 Å². The summed E-state index contributed by atoms with van der Waals surface area (Å²) < 4.78 is 1.37. The molecule has 0 aliphatic carbocycles. The van der Waals surface area contributed by atoms with E-state index >= 15 is 0 Å². The van der Waals surface area contributed by atoms with Crippen molar-refractivity contribution in [2.24, 2.45) is 13.0 Å². The lowest BCUT2D eigenvalue weighted by Gasteiger charge is -2.34. The molecule has 2 aromatic rings. The Morgan fingerprint density at radius 3 is 2.69 bits per heavy atom. The summed E-state index contributed by atoms with van der Waals surface area (Å²) in [6.07, 6.45) is 5.07. The first-order chi connectivity index (χ1) is 12.4. The number of hydrogen-bond donors (Lipinski definition) is 2. The summed E-state index contributed by atoms with van der Waals surface area (Å²) in [4.78, 5) is 14.0. The Labute approximate surface area is 154 Å². The Balaban J connectivity index is 1.45. The summed E-state index contributed by atoms with van der Waals surface area (Å²) in [5.74, 6) is 0.680. The zero-order valence-electron chi connectivity index (χ0n) is 16.2. The second kappa shape index (κ2) is 8.03. The lowest BCUT2D eigenvalue weighted by molar-refractivity contribution is 0.364. The van der Waals surface area contributed by atoms with Crippen LogP contribution in [0.4, 0.5) is 5.69 Å². The van der Waals surface area contributed by atoms with Gasteiger partial charge in [-0.15, -0.1) is 0 Å². The molecule has 26 heavy (non-hydrogen) atoms. The van der Waals surface area contributed by atoms with Crippen LogP contribution >= 0.6 is 0 Å². The summed E-state index contributed by atoms with van der Waals surface area (Å²) in [7, 11) is 1.68. The van der Waals surface area contributed by atoms with Gasteiger partial charge in [0.05, 0.1) is 17.6 Å². The average molecular weight is 358 g/mol. The van der Waals surface area contributed by atoms with Crippen molar-refractivity contribution in [3.63, 3.8) is 0 Å². The van der Waals surface area contributed by atoms with Gasteiger partial charge in [-0.25, -0.2) is 4.68 Å². The predicted octanol–water partition coefficient (Wildman–Crippen LogP) is 1.56. The van der Waals surface area contributed by atoms with Crippen molar-refractivity contribution in [2.45, 2.75) is 46.1 Å². The van der Waals surface area contributed by atoms with Gasteiger partial charge in [0.25, 0.3) is 5.56 Å². The van der Waals surface area contributed by atoms with E-state index in [4.69, 9.17) is 0 Å². The first-order valence-corrected chi connectivity index (χ1v) is 9.46. The minimum absolute atomic E-state index is 0.0510. The van der Waals surface area contributed by atoms with Crippen molar-refractivity contribution in [1.82, 2.24) is 25.3 Å². The zero-order valence-corrected chi connectivity index (χ0v) is 16.2. The van der Waals surface area contributed by atoms with Gasteiger partial charge in [-0.2, -0.15) is 10.2 Å². The lowest BCUT2D eigenvalue weighted by Crippen LogP contribution is -2.40. The quantitative estimate of drug-likeness (QED) is 0.819. The summed E-state index contributed by atoms with van der Waals surface area (Å²) >= 11 is 0. The third-order valence-corrected chi connectivity index (χ3v) is 5.48. The molecule has 0 bridgehead atoms. The maximum atomic E-state index is 11.8. The van der Waals surface area contributed by atoms with E-state index in [0.29, 0.717) is 12.0 Å². The van der Waals surface area contributed by atoms with Crippen molar-refractivity contribution >= 4 is 5.69 Å². The monoisotopic (exact) mass is 358 g/mol. The molecule has 0 radical (unpaired) electrons. The van der Waals surface area contributed by atoms with Crippen LogP contribution in [0, 0.1) is 19.8 Å². The molecule has 1 saturated heterocycles. The molecule has 7 heteroatoms. The molecule has 1 aliphatic rings. The van der Waals surface area contributed by atoms with Crippen LogP contribution in [0.25, 0.3) is 0 Å². The number of nitrogens with one attached hydrogen (secondary N) is 2. The minimum atomic E-state index is -0.0510. The molecule has 1 aliphatic heterocycles. The second-order valence-electron chi connectivity index (χ2n) is 7.53. The number of hydrogen-bond acceptors (Lipinski definition) is 5. The van der Waals surface area contributed by atoms with Gasteiger partial charge in [0.2, 0.25) is 0 Å². The SMILES string of the molecule is Cc1n[nH]c(C)c1C[C@@H](C)NCC1CCN(c2cnn(C)c(=O)c2)CC1. The molecule has 1 fully saturated rings. The van der Waals surface area contributed by atoms with Crippen LogP contribution in [-0.4, -0.2) is 45.7 Å². The van der Waals surface area contributed by atoms with Gasteiger partial charge in [-0.1, -0.05) is 0 Å². The molecule has 7 nitrogen and oxygen atoms in total. The van der Waals surface area contributed by atoms with Crippen LogP contribution in [0.15, 0.2) is 17.1 Å². The second-order valence-corrected chi connectivity index (χ2v) is 7.53. The van der Waals surface area contributed by atoms with E-state index in [0.717, 1.165) is 50.3 Å². The van der Waals surface area contributed by atoms with E-state index in [1.165, 1.54) is 15.9 Å². The summed E-state index contributed by atoms with van der Waals surface area (Å²) in [5.41, 5.74) is 4.50. The molecular weight excluding hydrogens is 328 g/mol. The van der Waals surface area contributed by atoms with Gasteiger partial charge in [0.15, 0.2) is 0 Å². The Morgan fingerprint density at radius 2 is 2.08 bits per heavy atom. The van der Waals surface area contributed by atoms with Gasteiger partial charge in [-0.05, 0) is 58.1 Å². The van der Waals surface area contributed by atoms with Crippen molar-refractivity contribution in [1.29, 1.82) is 0 Å².